The molecule has 0 aliphatic carbocycles. The Morgan fingerprint density at radius 2 is 0.686 bits per heavy atom. The van der Waals surface area contributed by atoms with Crippen LogP contribution in [0.25, 0.3) is 88.4 Å². The summed E-state index contributed by atoms with van der Waals surface area (Å²) in [6.07, 6.45) is 0. The molecule has 0 amide bonds. The summed E-state index contributed by atoms with van der Waals surface area (Å²) >= 11 is 6.89. The lowest BCUT2D eigenvalue weighted by molar-refractivity contribution is 1.18. The predicted molar refractivity (Wildman–Crippen MR) is 216 cm³/mol. The summed E-state index contributed by atoms with van der Waals surface area (Å²) in [6.45, 7) is 0. The molecule has 10 aromatic rings. The Hall–Kier alpha value is -6.35. The molecule has 0 fully saturated rings. The molecular formula is C48H31ClN2. The second-order valence-corrected chi connectivity index (χ2v) is 13.6. The molecule has 0 aliphatic heterocycles. The lowest BCUT2D eigenvalue weighted by Gasteiger charge is -2.11. The molecule has 51 heavy (non-hydrogen) atoms. The number of nitrogens with zero attached hydrogens (tertiary/aromatic N) is 2. The molecule has 2 nitrogen and oxygen atoms in total. The van der Waals surface area contributed by atoms with Gasteiger partial charge >= 0.3 is 0 Å². The van der Waals surface area contributed by atoms with E-state index in [2.05, 4.69) is 197 Å². The van der Waals surface area contributed by atoms with Crippen LogP contribution in [-0.4, -0.2) is 9.13 Å². The van der Waals surface area contributed by atoms with Crippen LogP contribution in [0, 0.1) is 0 Å². The van der Waals surface area contributed by atoms with Gasteiger partial charge in [0, 0.05) is 37.9 Å². The van der Waals surface area contributed by atoms with Crippen molar-refractivity contribution in [2.24, 2.45) is 0 Å². The van der Waals surface area contributed by atoms with Crippen molar-refractivity contribution >= 4 is 55.2 Å². The number of hydrogen-bond donors (Lipinski definition) is 0. The molecule has 240 valence electrons. The van der Waals surface area contributed by atoms with Crippen molar-refractivity contribution in [3.8, 4) is 44.8 Å². The zero-order chi connectivity index (χ0) is 33.9. The molecule has 0 N–H and O–H groups in total. The van der Waals surface area contributed by atoms with E-state index in [4.69, 9.17) is 11.6 Å². The topological polar surface area (TPSA) is 9.86 Å². The molecule has 0 saturated carbocycles. The fourth-order valence-corrected chi connectivity index (χ4v) is 8.03. The van der Waals surface area contributed by atoms with Crippen molar-refractivity contribution in [3.05, 3.63) is 193 Å². The van der Waals surface area contributed by atoms with Crippen LogP contribution in [0.5, 0.6) is 0 Å². The summed E-state index contributed by atoms with van der Waals surface area (Å²) in [5.41, 5.74) is 13.9. The van der Waals surface area contributed by atoms with Gasteiger partial charge in [0.1, 0.15) is 0 Å². The molecule has 0 spiro atoms. The average Bonchev–Trinajstić information content (AvgIpc) is 3.71. The molecule has 0 saturated heterocycles. The second kappa shape index (κ2) is 11.9. The highest BCUT2D eigenvalue weighted by Crippen LogP contribution is 2.39. The molecule has 2 heterocycles. The van der Waals surface area contributed by atoms with Crippen molar-refractivity contribution in [3.63, 3.8) is 0 Å². The third-order valence-electron chi connectivity index (χ3n) is 10.2. The van der Waals surface area contributed by atoms with E-state index in [1.807, 2.05) is 0 Å². The van der Waals surface area contributed by atoms with Crippen LogP contribution in [0.15, 0.2) is 188 Å². The third kappa shape index (κ3) is 4.95. The van der Waals surface area contributed by atoms with Crippen LogP contribution in [-0.2, 0) is 0 Å². The van der Waals surface area contributed by atoms with Crippen LogP contribution in [0.4, 0.5) is 0 Å². The maximum atomic E-state index is 6.89. The molecule has 10 rings (SSSR count). The van der Waals surface area contributed by atoms with Gasteiger partial charge < -0.3 is 9.13 Å². The molecule has 0 bridgehead atoms. The number of hydrogen-bond acceptors (Lipinski definition) is 0. The first-order valence-electron chi connectivity index (χ1n) is 17.3. The fraction of sp³-hybridized carbons (Fsp3) is 0. The van der Waals surface area contributed by atoms with E-state index in [-0.39, 0.29) is 0 Å². The normalized spacial score (nSPS) is 11.6. The number of halogens is 1. The molecule has 3 heteroatoms. The van der Waals surface area contributed by atoms with Crippen LogP contribution in [0.1, 0.15) is 0 Å². The highest BCUT2D eigenvalue weighted by molar-refractivity contribution is 6.31. The van der Waals surface area contributed by atoms with Crippen molar-refractivity contribution in [2.75, 3.05) is 0 Å². The van der Waals surface area contributed by atoms with E-state index in [1.54, 1.807) is 0 Å². The van der Waals surface area contributed by atoms with Gasteiger partial charge in [0.05, 0.1) is 22.1 Å². The summed E-state index contributed by atoms with van der Waals surface area (Å²) < 4.78 is 4.72. The monoisotopic (exact) mass is 670 g/mol. The van der Waals surface area contributed by atoms with Gasteiger partial charge in [-0.15, -0.1) is 0 Å². The highest BCUT2D eigenvalue weighted by Gasteiger charge is 2.16. The van der Waals surface area contributed by atoms with E-state index in [9.17, 15) is 0 Å². The Labute approximate surface area is 301 Å². The minimum Gasteiger partial charge on any atom is -0.309 e. The van der Waals surface area contributed by atoms with Gasteiger partial charge in [0.15, 0.2) is 0 Å². The van der Waals surface area contributed by atoms with Gasteiger partial charge in [0.2, 0.25) is 0 Å². The van der Waals surface area contributed by atoms with Gasteiger partial charge in [-0.1, -0.05) is 121 Å². The Balaban J connectivity index is 1.08. The molecular weight excluding hydrogens is 640 g/mol. The van der Waals surface area contributed by atoms with Gasteiger partial charge in [-0.2, -0.15) is 0 Å². The maximum Gasteiger partial charge on any atom is 0.0541 e. The Bertz CT molecular complexity index is 2900. The van der Waals surface area contributed by atoms with Gasteiger partial charge in [-0.25, -0.2) is 0 Å². The first-order valence-corrected chi connectivity index (χ1v) is 17.7. The second-order valence-electron chi connectivity index (χ2n) is 13.1. The minimum absolute atomic E-state index is 0.718. The first-order chi connectivity index (χ1) is 25.2. The van der Waals surface area contributed by atoms with Gasteiger partial charge in [-0.3, -0.25) is 0 Å². The van der Waals surface area contributed by atoms with Crippen LogP contribution in [0.2, 0.25) is 5.02 Å². The summed E-state index contributed by atoms with van der Waals surface area (Å²) in [5.74, 6) is 0. The van der Waals surface area contributed by atoms with Gasteiger partial charge in [0.25, 0.3) is 0 Å². The molecule has 0 unspecified atom stereocenters. The molecule has 8 aromatic carbocycles. The average molecular weight is 671 g/mol. The number of aromatic nitrogens is 2. The first kappa shape index (κ1) is 29.6. The quantitative estimate of drug-likeness (QED) is 0.172. The molecule has 0 aliphatic rings. The molecule has 0 atom stereocenters. The van der Waals surface area contributed by atoms with E-state index in [0.29, 0.717) is 0 Å². The summed E-state index contributed by atoms with van der Waals surface area (Å²) in [5, 5.41) is 5.61. The number of rotatable bonds is 5. The van der Waals surface area contributed by atoms with E-state index < -0.39 is 0 Å². The van der Waals surface area contributed by atoms with E-state index in [1.165, 1.54) is 54.7 Å². The Morgan fingerprint density at radius 3 is 1.24 bits per heavy atom. The Morgan fingerprint density at radius 1 is 0.275 bits per heavy atom. The smallest absolute Gasteiger partial charge is 0.0541 e. The maximum absolute atomic E-state index is 6.89. The third-order valence-corrected chi connectivity index (χ3v) is 10.4. The van der Waals surface area contributed by atoms with Crippen LogP contribution in [0.3, 0.4) is 0 Å². The largest absolute Gasteiger partial charge is 0.309 e. The molecule has 0 radical (unpaired) electrons. The SMILES string of the molecule is Clc1cc(-c2ccc3c(c2)c2ccccc2n3-c2ccccc2)cc(-c2ccc3c(c2)c2ccccc2n3-c2ccc(-c3ccccc3)cc2)c1. The standard InChI is InChI=1S/C48H31ClN2/c49-38-28-36(34-21-25-47-43(30-34)41-15-7-9-17-45(41)50(47)39-13-5-2-6-14-39)27-37(29-38)35-22-26-48-44(31-35)42-16-8-10-18-46(42)51(48)40-23-19-33(20-24-40)32-11-3-1-4-12-32/h1-31H. The molecule has 2 aromatic heterocycles. The summed E-state index contributed by atoms with van der Waals surface area (Å²) in [4.78, 5) is 0. The summed E-state index contributed by atoms with van der Waals surface area (Å²) in [6, 6.07) is 67.3. The zero-order valence-electron chi connectivity index (χ0n) is 27.7. The number of fused-ring (bicyclic) bond motifs is 6. The lowest BCUT2D eigenvalue weighted by atomic mass is 9.97. The summed E-state index contributed by atoms with van der Waals surface area (Å²) in [7, 11) is 0. The fourth-order valence-electron chi connectivity index (χ4n) is 7.79. The Kier molecular flexibility index (Phi) is 6.90. The van der Waals surface area contributed by atoms with Crippen LogP contribution < -0.4 is 0 Å². The zero-order valence-corrected chi connectivity index (χ0v) is 28.4. The van der Waals surface area contributed by atoms with Gasteiger partial charge in [-0.05, 0) is 112 Å². The van der Waals surface area contributed by atoms with E-state index >= 15 is 0 Å². The van der Waals surface area contributed by atoms with Crippen LogP contribution >= 0.6 is 11.6 Å². The highest BCUT2D eigenvalue weighted by atomic mass is 35.5. The van der Waals surface area contributed by atoms with Crippen molar-refractivity contribution in [1.29, 1.82) is 0 Å². The predicted octanol–water partition coefficient (Wildman–Crippen LogP) is 13.5. The van der Waals surface area contributed by atoms with Crippen molar-refractivity contribution in [2.45, 2.75) is 0 Å². The lowest BCUT2D eigenvalue weighted by Crippen LogP contribution is -1.93. The minimum atomic E-state index is 0.718. The van der Waals surface area contributed by atoms with E-state index in [0.717, 1.165) is 38.7 Å². The van der Waals surface area contributed by atoms with Crippen molar-refractivity contribution < 1.29 is 0 Å². The van der Waals surface area contributed by atoms with Crippen molar-refractivity contribution in [1.82, 2.24) is 9.13 Å². The number of para-hydroxylation sites is 3. The number of benzene rings is 8.